The first-order valence-electron chi connectivity index (χ1n) is 6.68. The molecule has 1 amide bonds. The Hall–Kier alpha value is -3.13. The number of rotatable bonds is 2. The number of aromatic amines is 1. The van der Waals surface area contributed by atoms with Gasteiger partial charge in [-0.2, -0.15) is 5.26 Å². The van der Waals surface area contributed by atoms with Gasteiger partial charge in [0.25, 0.3) is 5.91 Å². The molecule has 1 aromatic heterocycles. The number of amides is 1. The van der Waals surface area contributed by atoms with E-state index in [9.17, 15) is 9.18 Å². The summed E-state index contributed by atoms with van der Waals surface area (Å²) < 4.78 is 13.8. The molecular formula is C17H12FN3O. The highest BCUT2D eigenvalue weighted by atomic mass is 19.1. The second-order valence-corrected chi connectivity index (χ2v) is 4.93. The van der Waals surface area contributed by atoms with Crippen LogP contribution in [0.4, 0.5) is 10.1 Å². The molecule has 0 saturated carbocycles. The number of nitrogens with one attached hydrogen (secondary N) is 2. The van der Waals surface area contributed by atoms with Crippen LogP contribution < -0.4 is 5.32 Å². The van der Waals surface area contributed by atoms with Gasteiger partial charge in [-0.3, -0.25) is 4.79 Å². The first kappa shape index (κ1) is 13.8. The van der Waals surface area contributed by atoms with E-state index in [0.717, 1.165) is 0 Å². The van der Waals surface area contributed by atoms with Crippen molar-refractivity contribution in [2.45, 2.75) is 6.92 Å². The molecule has 3 rings (SSSR count). The van der Waals surface area contributed by atoms with Gasteiger partial charge in [-0.05, 0) is 31.2 Å². The van der Waals surface area contributed by atoms with E-state index in [-0.39, 0.29) is 5.91 Å². The van der Waals surface area contributed by atoms with E-state index in [2.05, 4.69) is 10.3 Å². The fourth-order valence-corrected chi connectivity index (χ4v) is 2.46. The molecule has 5 heteroatoms. The van der Waals surface area contributed by atoms with E-state index in [1.54, 1.807) is 43.3 Å². The van der Waals surface area contributed by atoms with Crippen molar-refractivity contribution in [1.82, 2.24) is 4.98 Å². The summed E-state index contributed by atoms with van der Waals surface area (Å²) in [4.78, 5) is 15.4. The number of hydrogen-bond donors (Lipinski definition) is 2. The van der Waals surface area contributed by atoms with Gasteiger partial charge in [0, 0.05) is 16.8 Å². The average Bonchev–Trinajstić information content (AvgIpc) is 2.85. The van der Waals surface area contributed by atoms with Crippen LogP contribution in [0.5, 0.6) is 0 Å². The zero-order valence-electron chi connectivity index (χ0n) is 11.8. The Morgan fingerprint density at radius 1 is 1.27 bits per heavy atom. The maximum absolute atomic E-state index is 13.8. The molecule has 0 fully saturated rings. The third-order valence-corrected chi connectivity index (χ3v) is 3.45. The van der Waals surface area contributed by atoms with E-state index >= 15 is 0 Å². The van der Waals surface area contributed by atoms with Crippen molar-refractivity contribution >= 4 is 22.5 Å². The van der Waals surface area contributed by atoms with Gasteiger partial charge in [-0.1, -0.05) is 18.2 Å². The Morgan fingerprint density at radius 2 is 2.05 bits per heavy atom. The van der Waals surface area contributed by atoms with Crippen molar-refractivity contribution in [3.05, 3.63) is 65.1 Å². The summed E-state index contributed by atoms with van der Waals surface area (Å²) in [6.07, 6.45) is 0. The van der Waals surface area contributed by atoms with Gasteiger partial charge in [-0.15, -0.1) is 0 Å². The Morgan fingerprint density at radius 3 is 2.82 bits per heavy atom. The number of para-hydroxylation sites is 1. The van der Waals surface area contributed by atoms with Gasteiger partial charge in [0.05, 0.1) is 22.7 Å². The zero-order chi connectivity index (χ0) is 15.7. The molecule has 2 aromatic carbocycles. The predicted molar refractivity (Wildman–Crippen MR) is 82.1 cm³/mol. The number of fused-ring (bicyclic) bond motifs is 1. The molecule has 0 saturated heterocycles. The Kier molecular flexibility index (Phi) is 3.36. The SMILES string of the molecule is Cc1[nH]c2c(F)cccc2c1C(=O)Nc1cccc(C#N)c1. The summed E-state index contributed by atoms with van der Waals surface area (Å²) in [7, 11) is 0. The summed E-state index contributed by atoms with van der Waals surface area (Å²) in [5.41, 5.74) is 2.29. The molecular weight excluding hydrogens is 281 g/mol. The third-order valence-electron chi connectivity index (χ3n) is 3.45. The molecule has 0 aliphatic rings. The van der Waals surface area contributed by atoms with E-state index in [1.807, 2.05) is 6.07 Å². The number of nitrogens with zero attached hydrogens (tertiary/aromatic N) is 1. The second-order valence-electron chi connectivity index (χ2n) is 4.93. The van der Waals surface area contributed by atoms with Gasteiger partial charge in [-0.25, -0.2) is 4.39 Å². The van der Waals surface area contributed by atoms with E-state index < -0.39 is 5.82 Å². The van der Waals surface area contributed by atoms with Crippen LogP contribution in [0.3, 0.4) is 0 Å². The molecule has 0 bridgehead atoms. The van der Waals surface area contributed by atoms with Crippen molar-refractivity contribution in [3.63, 3.8) is 0 Å². The number of carbonyl (C=O) groups excluding carboxylic acids is 1. The molecule has 0 aliphatic heterocycles. The number of H-pyrrole nitrogens is 1. The largest absolute Gasteiger partial charge is 0.356 e. The van der Waals surface area contributed by atoms with Gasteiger partial charge in [0.15, 0.2) is 0 Å². The Balaban J connectivity index is 2.01. The fraction of sp³-hybridized carbons (Fsp3) is 0.0588. The minimum atomic E-state index is -0.397. The molecule has 3 aromatic rings. The topological polar surface area (TPSA) is 68.7 Å². The number of halogens is 1. The van der Waals surface area contributed by atoms with Crippen molar-refractivity contribution in [2.24, 2.45) is 0 Å². The number of aromatic nitrogens is 1. The molecule has 0 spiro atoms. The summed E-state index contributed by atoms with van der Waals surface area (Å²) in [5, 5.41) is 12.2. The lowest BCUT2D eigenvalue weighted by molar-refractivity contribution is 0.102. The Labute approximate surface area is 126 Å². The van der Waals surface area contributed by atoms with E-state index in [0.29, 0.717) is 33.4 Å². The molecule has 0 unspecified atom stereocenters. The van der Waals surface area contributed by atoms with Crippen LogP contribution in [0.2, 0.25) is 0 Å². The quantitative estimate of drug-likeness (QED) is 0.755. The number of nitriles is 1. The van der Waals surface area contributed by atoms with Crippen molar-refractivity contribution in [3.8, 4) is 6.07 Å². The maximum atomic E-state index is 13.8. The van der Waals surface area contributed by atoms with Crippen LogP contribution in [-0.4, -0.2) is 10.9 Å². The monoisotopic (exact) mass is 293 g/mol. The minimum Gasteiger partial charge on any atom is -0.356 e. The van der Waals surface area contributed by atoms with E-state index in [4.69, 9.17) is 5.26 Å². The van der Waals surface area contributed by atoms with Crippen LogP contribution in [0.15, 0.2) is 42.5 Å². The van der Waals surface area contributed by atoms with Crippen LogP contribution in [-0.2, 0) is 0 Å². The molecule has 4 nitrogen and oxygen atoms in total. The number of hydrogen-bond acceptors (Lipinski definition) is 2. The average molecular weight is 293 g/mol. The molecule has 1 heterocycles. The smallest absolute Gasteiger partial charge is 0.258 e. The van der Waals surface area contributed by atoms with Crippen LogP contribution >= 0.6 is 0 Å². The standard InChI is InChI=1S/C17H12FN3O/c1-10-15(13-6-3-7-14(18)16(13)20-10)17(22)21-12-5-2-4-11(8-12)9-19/h2-8,20H,1H3,(H,21,22). The van der Waals surface area contributed by atoms with Crippen molar-refractivity contribution < 1.29 is 9.18 Å². The minimum absolute atomic E-state index is 0.316. The predicted octanol–water partition coefficient (Wildman–Crippen LogP) is 3.74. The second kappa shape index (κ2) is 5.34. The maximum Gasteiger partial charge on any atom is 0.258 e. The molecule has 108 valence electrons. The Bertz CT molecular complexity index is 921. The van der Waals surface area contributed by atoms with E-state index in [1.165, 1.54) is 6.07 Å². The van der Waals surface area contributed by atoms with Gasteiger partial charge in [0.1, 0.15) is 5.82 Å². The molecule has 0 radical (unpaired) electrons. The number of carbonyl (C=O) groups is 1. The van der Waals surface area contributed by atoms with Crippen LogP contribution in [0.1, 0.15) is 21.6 Å². The third kappa shape index (κ3) is 2.31. The molecule has 2 N–H and O–H groups in total. The zero-order valence-corrected chi connectivity index (χ0v) is 11.8. The highest BCUT2D eigenvalue weighted by Gasteiger charge is 2.17. The lowest BCUT2D eigenvalue weighted by atomic mass is 10.1. The highest BCUT2D eigenvalue weighted by Crippen LogP contribution is 2.25. The summed E-state index contributed by atoms with van der Waals surface area (Å²) >= 11 is 0. The number of anilines is 1. The number of aryl methyl sites for hydroxylation is 1. The first-order valence-corrected chi connectivity index (χ1v) is 6.68. The van der Waals surface area contributed by atoms with Gasteiger partial charge < -0.3 is 10.3 Å². The normalized spacial score (nSPS) is 10.4. The lowest BCUT2D eigenvalue weighted by Gasteiger charge is -2.05. The van der Waals surface area contributed by atoms with Gasteiger partial charge >= 0.3 is 0 Å². The molecule has 0 aliphatic carbocycles. The summed E-state index contributed by atoms with van der Waals surface area (Å²) in [6.45, 7) is 1.72. The lowest BCUT2D eigenvalue weighted by Crippen LogP contribution is -2.12. The summed E-state index contributed by atoms with van der Waals surface area (Å²) in [6, 6.07) is 13.3. The fourth-order valence-electron chi connectivity index (χ4n) is 2.46. The molecule has 0 atom stereocenters. The van der Waals surface area contributed by atoms with Crippen molar-refractivity contribution in [1.29, 1.82) is 5.26 Å². The first-order chi connectivity index (χ1) is 10.6. The highest BCUT2D eigenvalue weighted by molar-refractivity contribution is 6.14. The van der Waals surface area contributed by atoms with Gasteiger partial charge in [0.2, 0.25) is 0 Å². The molecule has 22 heavy (non-hydrogen) atoms. The summed E-state index contributed by atoms with van der Waals surface area (Å²) in [5.74, 6) is -0.740. The van der Waals surface area contributed by atoms with Crippen LogP contribution in [0, 0.1) is 24.1 Å². The van der Waals surface area contributed by atoms with Crippen LogP contribution in [0.25, 0.3) is 10.9 Å². The number of benzene rings is 2. The van der Waals surface area contributed by atoms with Crippen molar-refractivity contribution in [2.75, 3.05) is 5.32 Å².